The molecule has 1 aromatic carbocycles. The van der Waals surface area contributed by atoms with Gasteiger partial charge in [0.25, 0.3) is 0 Å². The number of hydrogen-bond acceptors (Lipinski definition) is 2. The summed E-state index contributed by atoms with van der Waals surface area (Å²) in [5.41, 5.74) is 0.739. The van der Waals surface area contributed by atoms with E-state index in [4.69, 9.17) is 0 Å². The van der Waals surface area contributed by atoms with Crippen molar-refractivity contribution >= 4 is 11.8 Å². The Morgan fingerprint density at radius 1 is 1.56 bits per heavy atom. The molecule has 0 spiro atoms. The van der Waals surface area contributed by atoms with E-state index in [-0.39, 0.29) is 30.0 Å². The summed E-state index contributed by atoms with van der Waals surface area (Å²) in [7, 11) is 1.66. The van der Waals surface area contributed by atoms with Crippen LogP contribution in [-0.2, 0) is 16.1 Å². The average molecular weight is 250 g/mol. The largest absolute Gasteiger partial charge is 0.355 e. The van der Waals surface area contributed by atoms with Crippen molar-refractivity contribution in [3.8, 4) is 0 Å². The zero-order valence-corrected chi connectivity index (χ0v) is 10.1. The molecule has 0 saturated carbocycles. The Hall–Kier alpha value is -1.91. The lowest BCUT2D eigenvalue weighted by molar-refractivity contribution is -0.135. The van der Waals surface area contributed by atoms with E-state index < -0.39 is 0 Å². The molecule has 1 aliphatic rings. The number of benzene rings is 1. The van der Waals surface area contributed by atoms with E-state index in [0.29, 0.717) is 13.1 Å². The Morgan fingerprint density at radius 2 is 2.33 bits per heavy atom. The molecule has 1 heterocycles. The summed E-state index contributed by atoms with van der Waals surface area (Å²) >= 11 is 0. The predicted molar refractivity (Wildman–Crippen MR) is 64.0 cm³/mol. The summed E-state index contributed by atoms with van der Waals surface area (Å²) in [6.07, 6.45) is 0.242. The fourth-order valence-electron chi connectivity index (χ4n) is 2.08. The van der Waals surface area contributed by atoms with Crippen molar-refractivity contribution in [2.24, 2.45) is 5.92 Å². The lowest BCUT2D eigenvalue weighted by Crippen LogP contribution is -2.33. The molecule has 1 atom stereocenters. The van der Waals surface area contributed by atoms with E-state index in [0.717, 1.165) is 5.56 Å². The van der Waals surface area contributed by atoms with Crippen LogP contribution in [-0.4, -0.2) is 30.3 Å². The Labute approximate surface area is 105 Å². The highest BCUT2D eigenvalue weighted by molar-refractivity contribution is 5.89. The zero-order chi connectivity index (χ0) is 13.1. The Bertz CT molecular complexity index is 476. The first kappa shape index (κ1) is 12.5. The van der Waals surface area contributed by atoms with E-state index in [1.807, 2.05) is 0 Å². The van der Waals surface area contributed by atoms with E-state index in [1.54, 1.807) is 19.2 Å². The highest BCUT2D eigenvalue weighted by Gasteiger charge is 2.29. The van der Waals surface area contributed by atoms with Crippen molar-refractivity contribution in [3.63, 3.8) is 0 Å². The number of nitrogens with zero attached hydrogens (tertiary/aromatic N) is 1. The van der Waals surface area contributed by atoms with Crippen LogP contribution in [0.5, 0.6) is 0 Å². The fourth-order valence-corrected chi connectivity index (χ4v) is 2.08. The Morgan fingerprint density at radius 3 is 2.94 bits per heavy atom. The van der Waals surface area contributed by atoms with Crippen LogP contribution < -0.4 is 5.32 Å². The van der Waals surface area contributed by atoms with Crippen molar-refractivity contribution in [3.05, 3.63) is 35.6 Å². The first-order chi connectivity index (χ1) is 8.56. The van der Waals surface area contributed by atoms with Crippen LogP contribution in [0.2, 0.25) is 0 Å². The second kappa shape index (κ2) is 5.16. The average Bonchev–Trinajstić information content (AvgIpc) is 2.75. The summed E-state index contributed by atoms with van der Waals surface area (Å²) in [6.45, 7) is 0.743. The third-order valence-corrected chi connectivity index (χ3v) is 3.01. The van der Waals surface area contributed by atoms with Gasteiger partial charge in [-0.15, -0.1) is 0 Å². The van der Waals surface area contributed by atoms with E-state index in [2.05, 4.69) is 5.32 Å². The van der Waals surface area contributed by atoms with Crippen molar-refractivity contribution < 1.29 is 14.0 Å². The number of hydrogen-bond donors (Lipinski definition) is 1. The monoisotopic (exact) mass is 250 g/mol. The summed E-state index contributed by atoms with van der Waals surface area (Å²) in [5.74, 6) is -0.785. The maximum Gasteiger partial charge on any atom is 0.228 e. The third-order valence-electron chi connectivity index (χ3n) is 3.01. The van der Waals surface area contributed by atoms with Crippen LogP contribution in [0.1, 0.15) is 12.0 Å². The summed E-state index contributed by atoms with van der Waals surface area (Å²) in [6, 6.07) is 6.15. The van der Waals surface area contributed by atoms with E-state index in [1.165, 1.54) is 17.0 Å². The van der Waals surface area contributed by atoms with Gasteiger partial charge in [-0.25, -0.2) is 4.39 Å². The molecule has 0 aromatic heterocycles. The van der Waals surface area contributed by atoms with Crippen molar-refractivity contribution in [2.75, 3.05) is 13.6 Å². The second-order valence-corrected chi connectivity index (χ2v) is 4.53. The SMILES string of the molecule is CN(Cc1cccc(F)c1)C(=O)C1CNC(=O)C1. The Balaban J connectivity index is 1.97. The molecular weight excluding hydrogens is 235 g/mol. The van der Waals surface area contributed by atoms with Gasteiger partial charge in [-0.3, -0.25) is 9.59 Å². The van der Waals surface area contributed by atoms with Crippen LogP contribution in [0.4, 0.5) is 4.39 Å². The number of nitrogens with one attached hydrogen (secondary N) is 1. The van der Waals surface area contributed by atoms with Crippen LogP contribution >= 0.6 is 0 Å². The van der Waals surface area contributed by atoms with Crippen molar-refractivity contribution in [1.82, 2.24) is 10.2 Å². The van der Waals surface area contributed by atoms with Crippen LogP contribution in [0.3, 0.4) is 0 Å². The quantitative estimate of drug-likeness (QED) is 0.867. The van der Waals surface area contributed by atoms with Gasteiger partial charge in [-0.2, -0.15) is 0 Å². The van der Waals surface area contributed by atoms with Gasteiger partial charge in [0.1, 0.15) is 5.82 Å². The second-order valence-electron chi connectivity index (χ2n) is 4.53. The highest BCUT2D eigenvalue weighted by Crippen LogP contribution is 2.14. The van der Waals surface area contributed by atoms with Crippen LogP contribution in [0.15, 0.2) is 24.3 Å². The minimum Gasteiger partial charge on any atom is -0.355 e. The maximum atomic E-state index is 13.0. The molecule has 5 heteroatoms. The number of carbonyl (C=O) groups excluding carboxylic acids is 2. The molecule has 1 fully saturated rings. The molecule has 1 saturated heterocycles. The normalized spacial score (nSPS) is 18.6. The lowest BCUT2D eigenvalue weighted by Gasteiger charge is -2.20. The highest BCUT2D eigenvalue weighted by atomic mass is 19.1. The molecule has 4 nitrogen and oxygen atoms in total. The van der Waals surface area contributed by atoms with Gasteiger partial charge < -0.3 is 10.2 Å². The molecule has 0 aliphatic carbocycles. The van der Waals surface area contributed by atoms with Gasteiger partial charge >= 0.3 is 0 Å². The first-order valence-corrected chi connectivity index (χ1v) is 5.82. The van der Waals surface area contributed by atoms with E-state index in [9.17, 15) is 14.0 Å². The molecule has 2 amide bonds. The van der Waals surface area contributed by atoms with Gasteiger partial charge in [0.2, 0.25) is 11.8 Å². The summed E-state index contributed by atoms with van der Waals surface area (Å²) < 4.78 is 13.0. The number of carbonyl (C=O) groups is 2. The fraction of sp³-hybridized carbons (Fsp3) is 0.385. The lowest BCUT2D eigenvalue weighted by atomic mass is 10.1. The summed E-state index contributed by atoms with van der Waals surface area (Å²) in [5, 5.41) is 2.63. The number of rotatable bonds is 3. The molecule has 1 aromatic rings. The predicted octanol–water partition coefficient (Wildman–Crippen LogP) is 0.920. The molecule has 18 heavy (non-hydrogen) atoms. The maximum absolute atomic E-state index is 13.0. The summed E-state index contributed by atoms with van der Waals surface area (Å²) in [4.78, 5) is 24.6. The molecule has 0 radical (unpaired) electrons. The topological polar surface area (TPSA) is 49.4 Å². The molecule has 1 unspecified atom stereocenters. The van der Waals surface area contributed by atoms with Crippen LogP contribution in [0, 0.1) is 11.7 Å². The molecule has 1 N–H and O–H groups in total. The smallest absolute Gasteiger partial charge is 0.228 e. The molecule has 1 aliphatic heterocycles. The third kappa shape index (κ3) is 2.85. The van der Waals surface area contributed by atoms with Gasteiger partial charge in [0.15, 0.2) is 0 Å². The number of halogens is 1. The van der Waals surface area contributed by atoms with Crippen molar-refractivity contribution in [2.45, 2.75) is 13.0 Å². The minimum absolute atomic E-state index is 0.0855. The van der Waals surface area contributed by atoms with Gasteiger partial charge in [0, 0.05) is 26.6 Å². The zero-order valence-electron chi connectivity index (χ0n) is 10.1. The molecule has 96 valence electrons. The van der Waals surface area contributed by atoms with Crippen molar-refractivity contribution in [1.29, 1.82) is 0 Å². The van der Waals surface area contributed by atoms with Gasteiger partial charge in [-0.05, 0) is 17.7 Å². The first-order valence-electron chi connectivity index (χ1n) is 5.82. The molecule has 0 bridgehead atoms. The van der Waals surface area contributed by atoms with Gasteiger partial charge in [0.05, 0.1) is 5.92 Å². The van der Waals surface area contributed by atoms with Gasteiger partial charge in [-0.1, -0.05) is 12.1 Å². The Kier molecular flexibility index (Phi) is 3.60. The molecule has 2 rings (SSSR count). The minimum atomic E-state index is -0.314. The standard InChI is InChI=1S/C13H15FN2O2/c1-16(8-9-3-2-4-11(14)5-9)13(18)10-6-12(17)15-7-10/h2-5,10H,6-8H2,1H3,(H,15,17). The van der Waals surface area contributed by atoms with Crippen LogP contribution in [0.25, 0.3) is 0 Å². The number of amides is 2. The van der Waals surface area contributed by atoms with E-state index >= 15 is 0 Å². The molecular formula is C13H15FN2O2.